The Kier molecular flexibility index (Phi) is 2.43. The minimum atomic E-state index is -1.02. The van der Waals surface area contributed by atoms with Crippen LogP contribution in [0.1, 0.15) is 17.6 Å². The topological polar surface area (TPSA) is 74.3 Å². The maximum absolute atomic E-state index is 13.9. The highest BCUT2D eigenvalue weighted by Gasteiger charge is 2.40. The van der Waals surface area contributed by atoms with E-state index >= 15 is 0 Å². The summed E-state index contributed by atoms with van der Waals surface area (Å²) in [5, 5.41) is 0.665. The normalized spacial score (nSPS) is 20.8. The van der Waals surface area contributed by atoms with E-state index < -0.39 is 29.4 Å². The molecule has 0 amide bonds. The lowest BCUT2D eigenvalue weighted by atomic mass is 10.0. The fourth-order valence-corrected chi connectivity index (χ4v) is 2.64. The van der Waals surface area contributed by atoms with E-state index in [4.69, 9.17) is 5.73 Å². The number of carbonyl (C=O) groups is 1. The van der Waals surface area contributed by atoms with Crippen molar-refractivity contribution in [1.82, 2.24) is 4.57 Å². The summed E-state index contributed by atoms with van der Waals surface area (Å²) in [6.07, 6.45) is 0. The molecule has 0 spiro atoms. The number of benzene rings is 1. The van der Waals surface area contributed by atoms with Crippen LogP contribution in [0, 0.1) is 5.82 Å². The van der Waals surface area contributed by atoms with Crippen molar-refractivity contribution < 1.29 is 13.9 Å². The zero-order valence-corrected chi connectivity index (χ0v) is 10.1. The maximum Gasteiger partial charge on any atom is 0.330 e. The number of hydrogen-bond acceptors (Lipinski definition) is 4. The Labute approximate surface area is 107 Å². The molecule has 0 fully saturated rings. The summed E-state index contributed by atoms with van der Waals surface area (Å²) in [6, 6.07) is 3.81. The molecule has 0 saturated heterocycles. The van der Waals surface area contributed by atoms with Crippen LogP contribution in [0.2, 0.25) is 0 Å². The molecule has 2 N–H and O–H groups in total. The number of esters is 1. The predicted molar refractivity (Wildman–Crippen MR) is 66.1 cm³/mol. The van der Waals surface area contributed by atoms with Gasteiger partial charge in [-0.25, -0.2) is 9.18 Å². The second kappa shape index (κ2) is 3.89. The van der Waals surface area contributed by atoms with Gasteiger partial charge in [0, 0.05) is 11.6 Å². The fourth-order valence-electron chi connectivity index (χ4n) is 2.64. The maximum atomic E-state index is 13.9. The Morgan fingerprint density at radius 3 is 2.74 bits per heavy atom. The molecule has 6 heteroatoms. The highest BCUT2D eigenvalue weighted by atomic mass is 19.1. The highest BCUT2D eigenvalue weighted by molar-refractivity contribution is 5.89. The van der Waals surface area contributed by atoms with Crippen LogP contribution in [0.4, 0.5) is 4.39 Å². The number of nitrogens with zero attached hydrogens (tertiary/aromatic N) is 1. The molecule has 0 saturated carbocycles. The molecule has 3 rings (SSSR count). The van der Waals surface area contributed by atoms with Gasteiger partial charge in [0.05, 0.1) is 18.7 Å². The van der Waals surface area contributed by atoms with E-state index in [-0.39, 0.29) is 5.56 Å². The molecule has 1 aliphatic rings. The van der Waals surface area contributed by atoms with Gasteiger partial charge in [0.1, 0.15) is 5.82 Å². The molecule has 2 atom stereocenters. The van der Waals surface area contributed by atoms with Gasteiger partial charge in [-0.2, -0.15) is 0 Å². The van der Waals surface area contributed by atoms with Crippen molar-refractivity contribution in [1.29, 1.82) is 0 Å². The van der Waals surface area contributed by atoms with Crippen molar-refractivity contribution in [3.63, 3.8) is 0 Å². The van der Waals surface area contributed by atoms with Crippen LogP contribution in [0.3, 0.4) is 0 Å². The molecular formula is C13H11FN2O3. The zero-order valence-electron chi connectivity index (χ0n) is 10.1. The van der Waals surface area contributed by atoms with Crippen LogP contribution >= 0.6 is 0 Å². The number of pyridine rings is 1. The Balaban J connectivity index is 2.44. The van der Waals surface area contributed by atoms with Crippen molar-refractivity contribution in [2.45, 2.75) is 12.1 Å². The number of rotatable bonds is 1. The number of nitrogens with two attached hydrogens (primary N) is 1. The van der Waals surface area contributed by atoms with Gasteiger partial charge in [-0.3, -0.25) is 9.36 Å². The number of hydrogen-bond donors (Lipinski definition) is 1. The highest BCUT2D eigenvalue weighted by Crippen LogP contribution is 2.39. The molecular weight excluding hydrogens is 251 g/mol. The Morgan fingerprint density at radius 1 is 1.37 bits per heavy atom. The molecule has 0 unspecified atom stereocenters. The molecule has 2 heterocycles. The Hall–Kier alpha value is -2.21. The summed E-state index contributed by atoms with van der Waals surface area (Å²) >= 11 is 0. The number of ether oxygens (including phenoxy) is 1. The Morgan fingerprint density at radius 2 is 2.05 bits per heavy atom. The van der Waals surface area contributed by atoms with Crippen LogP contribution in [-0.2, 0) is 9.53 Å². The average molecular weight is 262 g/mol. The van der Waals surface area contributed by atoms with Crippen molar-refractivity contribution in [2.24, 2.45) is 5.73 Å². The van der Waals surface area contributed by atoms with Gasteiger partial charge >= 0.3 is 5.97 Å². The van der Waals surface area contributed by atoms with Crippen LogP contribution in [0.15, 0.2) is 29.1 Å². The zero-order chi connectivity index (χ0) is 13.7. The summed E-state index contributed by atoms with van der Waals surface area (Å²) in [5.41, 5.74) is 6.09. The van der Waals surface area contributed by atoms with E-state index in [9.17, 15) is 14.0 Å². The third kappa shape index (κ3) is 1.43. The number of halogens is 1. The summed E-state index contributed by atoms with van der Waals surface area (Å²) in [6.45, 7) is 0. The first-order valence-electron chi connectivity index (χ1n) is 5.73. The van der Waals surface area contributed by atoms with Gasteiger partial charge < -0.3 is 10.5 Å². The fraction of sp³-hybridized carbons (Fsp3) is 0.231. The third-order valence-electron chi connectivity index (χ3n) is 3.47. The standard InChI is InChI=1S/C13H11FN2O3/c1-19-13(18)12-10(15)9-7(14)4-2-6-3-5-8(17)16(12)11(6)9/h2-5,10,12H,15H2,1H3/t10-,12-/m1/s1. The van der Waals surface area contributed by atoms with E-state index in [0.717, 1.165) is 0 Å². The van der Waals surface area contributed by atoms with Gasteiger partial charge in [0.25, 0.3) is 5.56 Å². The lowest BCUT2D eigenvalue weighted by molar-refractivity contribution is -0.145. The van der Waals surface area contributed by atoms with Gasteiger partial charge in [0.15, 0.2) is 6.04 Å². The van der Waals surface area contributed by atoms with Crippen molar-refractivity contribution >= 4 is 16.9 Å². The Bertz CT molecular complexity index is 753. The number of carbonyl (C=O) groups excluding carboxylic acids is 1. The molecule has 98 valence electrons. The average Bonchev–Trinajstić information content (AvgIpc) is 2.71. The molecule has 2 aromatic rings. The van der Waals surface area contributed by atoms with Crippen LogP contribution in [0.5, 0.6) is 0 Å². The van der Waals surface area contributed by atoms with E-state index in [2.05, 4.69) is 4.74 Å². The van der Waals surface area contributed by atoms with Gasteiger partial charge in [-0.1, -0.05) is 0 Å². The van der Waals surface area contributed by atoms with Gasteiger partial charge in [-0.15, -0.1) is 0 Å². The van der Waals surface area contributed by atoms with Crippen LogP contribution in [0.25, 0.3) is 10.9 Å². The molecule has 1 aromatic carbocycles. The van der Waals surface area contributed by atoms with Crippen LogP contribution < -0.4 is 11.3 Å². The molecule has 1 aliphatic heterocycles. The van der Waals surface area contributed by atoms with E-state index in [0.29, 0.717) is 10.9 Å². The summed E-state index contributed by atoms with van der Waals surface area (Å²) in [5.74, 6) is -1.18. The molecule has 1 aromatic heterocycles. The van der Waals surface area contributed by atoms with Crippen molar-refractivity contribution in [3.05, 3.63) is 46.0 Å². The second-order valence-corrected chi connectivity index (χ2v) is 4.43. The predicted octanol–water partition coefficient (Wildman–Crippen LogP) is 0.868. The lowest BCUT2D eigenvalue weighted by Gasteiger charge is -2.16. The molecule has 0 bridgehead atoms. The number of methoxy groups -OCH3 is 1. The summed E-state index contributed by atoms with van der Waals surface area (Å²) < 4.78 is 19.8. The second-order valence-electron chi connectivity index (χ2n) is 4.43. The molecule has 0 aliphatic carbocycles. The molecule has 19 heavy (non-hydrogen) atoms. The quantitative estimate of drug-likeness (QED) is 0.774. The van der Waals surface area contributed by atoms with Crippen molar-refractivity contribution in [2.75, 3.05) is 7.11 Å². The molecule has 5 nitrogen and oxygen atoms in total. The van der Waals surface area contributed by atoms with E-state index in [1.807, 2.05) is 0 Å². The lowest BCUT2D eigenvalue weighted by Crippen LogP contribution is -2.33. The van der Waals surface area contributed by atoms with Crippen LogP contribution in [-0.4, -0.2) is 17.6 Å². The van der Waals surface area contributed by atoms with E-state index in [1.165, 1.54) is 23.8 Å². The van der Waals surface area contributed by atoms with E-state index in [1.54, 1.807) is 12.1 Å². The first kappa shape index (κ1) is 11.9. The first-order chi connectivity index (χ1) is 9.06. The smallest absolute Gasteiger partial charge is 0.330 e. The van der Waals surface area contributed by atoms with Gasteiger partial charge in [-0.05, 0) is 23.6 Å². The summed E-state index contributed by atoms with van der Waals surface area (Å²) in [4.78, 5) is 23.8. The largest absolute Gasteiger partial charge is 0.467 e. The monoisotopic (exact) mass is 262 g/mol. The summed E-state index contributed by atoms with van der Waals surface area (Å²) in [7, 11) is 1.21. The van der Waals surface area contributed by atoms with Gasteiger partial charge in [0.2, 0.25) is 0 Å². The third-order valence-corrected chi connectivity index (χ3v) is 3.47. The SMILES string of the molecule is COC(=O)[C@H]1[C@H](N)c2c(F)ccc3ccc(=O)n1c23. The number of aromatic nitrogens is 1. The van der Waals surface area contributed by atoms with Crippen molar-refractivity contribution in [3.8, 4) is 0 Å². The minimum Gasteiger partial charge on any atom is -0.467 e. The molecule has 0 radical (unpaired) electrons. The minimum absolute atomic E-state index is 0.186. The first-order valence-corrected chi connectivity index (χ1v) is 5.73.